The van der Waals surface area contributed by atoms with E-state index in [2.05, 4.69) is 23.1 Å². The Balaban J connectivity index is 2.98. The number of hydrogen-bond donors (Lipinski definition) is 2. The Morgan fingerprint density at radius 2 is 2.56 bits per heavy atom. The van der Waals surface area contributed by atoms with Gasteiger partial charge in [-0.15, -0.1) is 5.10 Å². The van der Waals surface area contributed by atoms with E-state index in [-0.39, 0.29) is 5.69 Å². The van der Waals surface area contributed by atoms with Gasteiger partial charge in [0, 0.05) is 0 Å². The summed E-state index contributed by atoms with van der Waals surface area (Å²) in [5.41, 5.74) is -0.106. The summed E-state index contributed by atoms with van der Waals surface area (Å²) < 4.78 is 1.03. The van der Waals surface area contributed by atoms with Crippen LogP contribution >= 0.6 is 12.8 Å². The van der Waals surface area contributed by atoms with Crippen molar-refractivity contribution in [2.24, 2.45) is 0 Å². The SMILES string of the molecule is O=C(O)c1cn(S)nn1. The number of thiol groups is 1. The third-order valence-electron chi connectivity index (χ3n) is 0.701. The zero-order valence-electron chi connectivity index (χ0n) is 4.22. The lowest BCUT2D eigenvalue weighted by molar-refractivity contribution is 0.0690. The lowest BCUT2D eigenvalue weighted by Crippen LogP contribution is -1.95. The van der Waals surface area contributed by atoms with Crippen molar-refractivity contribution in [1.29, 1.82) is 0 Å². The number of rotatable bonds is 1. The van der Waals surface area contributed by atoms with E-state index in [0.29, 0.717) is 0 Å². The summed E-state index contributed by atoms with van der Waals surface area (Å²) in [5, 5.41) is 14.8. The van der Waals surface area contributed by atoms with Gasteiger partial charge in [0.1, 0.15) is 0 Å². The molecule has 5 nitrogen and oxygen atoms in total. The fourth-order valence-electron chi connectivity index (χ4n) is 0.353. The molecular formula is C3H3N3O2S. The lowest BCUT2D eigenvalue weighted by Gasteiger charge is -1.77. The Morgan fingerprint density at radius 3 is 2.78 bits per heavy atom. The minimum absolute atomic E-state index is 0.106. The Kier molecular flexibility index (Phi) is 1.39. The molecule has 0 aliphatic heterocycles. The summed E-state index contributed by atoms with van der Waals surface area (Å²) in [5.74, 6) is -1.10. The molecule has 1 N–H and O–H groups in total. The Bertz CT molecular complexity index is 233. The highest BCUT2D eigenvalue weighted by molar-refractivity contribution is 7.78. The van der Waals surface area contributed by atoms with Gasteiger partial charge < -0.3 is 5.11 Å². The summed E-state index contributed by atoms with van der Waals surface area (Å²) >= 11 is 3.68. The van der Waals surface area contributed by atoms with Gasteiger partial charge in [-0.3, -0.25) is 0 Å². The van der Waals surface area contributed by atoms with Crippen LogP contribution in [0.15, 0.2) is 6.20 Å². The van der Waals surface area contributed by atoms with Crippen LogP contribution in [0.5, 0.6) is 0 Å². The van der Waals surface area contributed by atoms with E-state index in [0.717, 1.165) is 4.09 Å². The molecule has 48 valence electrons. The van der Waals surface area contributed by atoms with Crippen molar-refractivity contribution >= 4 is 18.8 Å². The van der Waals surface area contributed by atoms with Crippen molar-refractivity contribution < 1.29 is 9.90 Å². The number of carboxylic acids is 1. The van der Waals surface area contributed by atoms with Gasteiger partial charge in [0.15, 0.2) is 5.69 Å². The molecule has 1 heterocycles. The Morgan fingerprint density at radius 1 is 1.89 bits per heavy atom. The second kappa shape index (κ2) is 2.06. The zero-order chi connectivity index (χ0) is 6.85. The number of carboxylic acid groups (broad SMARTS) is 1. The minimum atomic E-state index is -1.10. The molecule has 0 aliphatic carbocycles. The molecule has 0 aromatic carbocycles. The maximum absolute atomic E-state index is 10.1. The van der Waals surface area contributed by atoms with E-state index >= 15 is 0 Å². The minimum Gasteiger partial charge on any atom is -0.476 e. The van der Waals surface area contributed by atoms with Crippen LogP contribution in [-0.2, 0) is 0 Å². The topological polar surface area (TPSA) is 68.0 Å². The van der Waals surface area contributed by atoms with Crippen LogP contribution in [0.4, 0.5) is 0 Å². The molecule has 0 bridgehead atoms. The van der Waals surface area contributed by atoms with Gasteiger partial charge in [-0.2, -0.15) is 4.09 Å². The first-order chi connectivity index (χ1) is 4.20. The second-order valence-corrected chi connectivity index (χ2v) is 1.74. The molecular weight excluding hydrogens is 142 g/mol. The maximum atomic E-state index is 10.1. The van der Waals surface area contributed by atoms with Crippen LogP contribution in [0.1, 0.15) is 10.5 Å². The van der Waals surface area contributed by atoms with Gasteiger partial charge in [-0.1, -0.05) is 5.21 Å². The van der Waals surface area contributed by atoms with Gasteiger partial charge in [0.2, 0.25) is 0 Å². The van der Waals surface area contributed by atoms with E-state index in [1.165, 1.54) is 6.20 Å². The number of nitrogens with zero attached hydrogens (tertiary/aromatic N) is 3. The second-order valence-electron chi connectivity index (χ2n) is 1.33. The smallest absolute Gasteiger partial charge is 0.358 e. The molecule has 0 fully saturated rings. The molecule has 0 atom stereocenters. The third kappa shape index (κ3) is 1.20. The molecule has 0 aliphatic rings. The highest BCUT2D eigenvalue weighted by atomic mass is 32.1. The van der Waals surface area contributed by atoms with Crippen molar-refractivity contribution in [3.8, 4) is 0 Å². The van der Waals surface area contributed by atoms with Crippen molar-refractivity contribution in [3.05, 3.63) is 11.9 Å². The predicted molar refractivity (Wildman–Crippen MR) is 31.4 cm³/mol. The lowest BCUT2D eigenvalue weighted by atomic mass is 10.5. The molecule has 1 aromatic rings. The van der Waals surface area contributed by atoms with E-state index in [4.69, 9.17) is 5.11 Å². The zero-order valence-corrected chi connectivity index (χ0v) is 5.12. The van der Waals surface area contributed by atoms with Crippen LogP contribution in [0.3, 0.4) is 0 Å². The van der Waals surface area contributed by atoms with Gasteiger partial charge in [-0.25, -0.2) is 4.79 Å². The molecule has 0 saturated heterocycles. The molecule has 0 spiro atoms. The van der Waals surface area contributed by atoms with E-state index in [1.807, 2.05) is 0 Å². The van der Waals surface area contributed by atoms with Crippen LogP contribution in [0, 0.1) is 0 Å². The molecule has 0 saturated carbocycles. The summed E-state index contributed by atoms with van der Waals surface area (Å²) in [6, 6.07) is 0. The normalized spacial score (nSPS) is 9.44. The van der Waals surface area contributed by atoms with Crippen LogP contribution in [-0.4, -0.2) is 25.5 Å². The van der Waals surface area contributed by atoms with Crippen LogP contribution in [0.25, 0.3) is 0 Å². The highest BCUT2D eigenvalue weighted by Crippen LogP contribution is 1.91. The van der Waals surface area contributed by atoms with Gasteiger partial charge in [0.05, 0.1) is 6.20 Å². The van der Waals surface area contributed by atoms with Crippen molar-refractivity contribution in [3.63, 3.8) is 0 Å². The third-order valence-corrected chi connectivity index (χ3v) is 0.896. The monoisotopic (exact) mass is 145 g/mol. The Labute approximate surface area is 55.8 Å². The first-order valence-corrected chi connectivity index (χ1v) is 2.45. The average Bonchev–Trinajstić information content (AvgIpc) is 2.14. The summed E-state index contributed by atoms with van der Waals surface area (Å²) in [6.07, 6.45) is 1.20. The first kappa shape index (κ1) is 6.09. The average molecular weight is 145 g/mol. The number of aromatic nitrogens is 3. The molecule has 1 rings (SSSR count). The van der Waals surface area contributed by atoms with Gasteiger partial charge >= 0.3 is 5.97 Å². The van der Waals surface area contributed by atoms with Crippen molar-refractivity contribution in [2.45, 2.75) is 0 Å². The van der Waals surface area contributed by atoms with Gasteiger partial charge in [0.25, 0.3) is 0 Å². The molecule has 0 radical (unpaired) electrons. The Hall–Kier alpha value is -1.04. The van der Waals surface area contributed by atoms with E-state index in [9.17, 15) is 4.79 Å². The highest BCUT2D eigenvalue weighted by Gasteiger charge is 2.05. The maximum Gasteiger partial charge on any atom is 0.358 e. The predicted octanol–water partition coefficient (Wildman–Crippen LogP) is -0.331. The molecule has 1 aromatic heterocycles. The van der Waals surface area contributed by atoms with Gasteiger partial charge in [-0.05, 0) is 12.8 Å². The first-order valence-electron chi connectivity index (χ1n) is 2.05. The molecule has 6 heteroatoms. The van der Waals surface area contributed by atoms with Crippen molar-refractivity contribution in [2.75, 3.05) is 0 Å². The van der Waals surface area contributed by atoms with Crippen LogP contribution < -0.4 is 0 Å². The number of hydrogen-bond acceptors (Lipinski definition) is 4. The number of aromatic carboxylic acids is 1. The largest absolute Gasteiger partial charge is 0.476 e. The summed E-state index contributed by atoms with van der Waals surface area (Å²) in [6.45, 7) is 0. The molecule has 9 heavy (non-hydrogen) atoms. The quantitative estimate of drug-likeness (QED) is 0.531. The standard InChI is InChI=1S/C3H3N3O2S/c7-3(8)2-1-6(9)5-4-2/h1,9H,(H,7,8). The van der Waals surface area contributed by atoms with E-state index in [1.54, 1.807) is 0 Å². The summed E-state index contributed by atoms with van der Waals surface area (Å²) in [7, 11) is 0. The fraction of sp³-hybridized carbons (Fsp3) is 0. The fourth-order valence-corrected chi connectivity index (χ4v) is 0.502. The summed E-state index contributed by atoms with van der Waals surface area (Å²) in [4.78, 5) is 10.1. The molecule has 0 unspecified atom stereocenters. The molecule has 0 amide bonds. The van der Waals surface area contributed by atoms with Crippen molar-refractivity contribution in [1.82, 2.24) is 14.4 Å². The van der Waals surface area contributed by atoms with E-state index < -0.39 is 5.97 Å². The number of carbonyl (C=O) groups is 1. The van der Waals surface area contributed by atoms with Crippen LogP contribution in [0.2, 0.25) is 0 Å².